The van der Waals surface area contributed by atoms with Crippen LogP contribution in [-0.2, 0) is 22.7 Å². The van der Waals surface area contributed by atoms with E-state index in [0.29, 0.717) is 17.5 Å². The van der Waals surface area contributed by atoms with E-state index in [1.807, 2.05) is 18.2 Å². The van der Waals surface area contributed by atoms with Crippen molar-refractivity contribution in [3.8, 4) is 5.69 Å². The predicted octanol–water partition coefficient (Wildman–Crippen LogP) is 2.55. The van der Waals surface area contributed by atoms with Gasteiger partial charge in [0.1, 0.15) is 24.5 Å². The number of halogens is 1. The van der Waals surface area contributed by atoms with Crippen molar-refractivity contribution in [2.24, 2.45) is 0 Å². The Morgan fingerprint density at radius 1 is 1.03 bits per heavy atom. The Bertz CT molecular complexity index is 1350. The molecule has 3 amide bonds. The third kappa shape index (κ3) is 4.53. The van der Waals surface area contributed by atoms with Gasteiger partial charge in [0.25, 0.3) is 5.91 Å². The lowest BCUT2D eigenvalue weighted by molar-refractivity contribution is -0.136. The highest BCUT2D eigenvalue weighted by molar-refractivity contribution is 6.05. The molecule has 6 rings (SSSR count). The molecule has 3 aliphatic heterocycles. The lowest BCUT2D eigenvalue weighted by Crippen LogP contribution is -2.52. The molecule has 0 radical (unpaired) electrons. The summed E-state index contributed by atoms with van der Waals surface area (Å²) in [7, 11) is 0. The lowest BCUT2D eigenvalue weighted by Gasteiger charge is -2.32. The predicted molar refractivity (Wildman–Crippen MR) is 131 cm³/mol. The maximum Gasteiger partial charge on any atom is 0.255 e. The average molecular weight is 503 g/mol. The molecule has 10 heteroatoms. The number of likely N-dealkylation sites (tertiary alicyclic amines) is 1. The van der Waals surface area contributed by atoms with Crippen LogP contribution in [0.2, 0.25) is 0 Å². The molecular weight excluding hydrogens is 475 g/mol. The summed E-state index contributed by atoms with van der Waals surface area (Å²) in [6, 6.07) is 10.7. The van der Waals surface area contributed by atoms with Gasteiger partial charge < -0.3 is 4.90 Å². The van der Waals surface area contributed by atoms with E-state index in [4.69, 9.17) is 0 Å². The van der Waals surface area contributed by atoms with Crippen molar-refractivity contribution in [1.29, 1.82) is 0 Å². The van der Waals surface area contributed by atoms with Crippen LogP contribution in [0, 0.1) is 5.82 Å². The second-order valence-electron chi connectivity index (χ2n) is 9.99. The Balaban J connectivity index is 1.09. The molecule has 2 saturated heterocycles. The SMILES string of the molecule is O=C1CCC(N2Cc3cc(C4CCN(Cc5ccc(-n6cncn6)cc5)CC4)c(F)cc3C2=O)C(=O)N1. The normalized spacial score (nSPS) is 20.8. The molecule has 1 unspecified atom stereocenters. The first-order chi connectivity index (χ1) is 18.0. The van der Waals surface area contributed by atoms with E-state index in [1.54, 1.807) is 11.0 Å². The van der Waals surface area contributed by atoms with Gasteiger partial charge in [-0.2, -0.15) is 5.10 Å². The number of amides is 3. The standard InChI is InChI=1S/C27H27FN6O3/c28-23-12-22-19(14-33(27(22)37)24-5-6-25(35)31-26(24)36)11-21(23)18-7-9-32(10-8-18)13-17-1-3-20(4-2-17)34-16-29-15-30-34/h1-4,11-12,15-16,18,24H,5-10,13-14H2,(H,31,35,36). The molecule has 1 N–H and O–H groups in total. The number of carbonyl (C=O) groups is 3. The van der Waals surface area contributed by atoms with Crippen LogP contribution in [-0.4, -0.2) is 61.4 Å². The molecule has 0 spiro atoms. The van der Waals surface area contributed by atoms with Crippen LogP contribution in [0.4, 0.5) is 4.39 Å². The van der Waals surface area contributed by atoms with Gasteiger partial charge in [0, 0.05) is 25.1 Å². The quantitative estimate of drug-likeness (QED) is 0.539. The molecule has 4 heterocycles. The number of rotatable bonds is 5. The van der Waals surface area contributed by atoms with E-state index in [2.05, 4.69) is 32.4 Å². The monoisotopic (exact) mass is 502 g/mol. The lowest BCUT2D eigenvalue weighted by atomic mass is 9.87. The van der Waals surface area contributed by atoms with Gasteiger partial charge in [-0.1, -0.05) is 18.2 Å². The minimum absolute atomic E-state index is 0.0796. The smallest absolute Gasteiger partial charge is 0.255 e. The summed E-state index contributed by atoms with van der Waals surface area (Å²) in [5.41, 5.74) is 3.88. The summed E-state index contributed by atoms with van der Waals surface area (Å²) in [6.45, 7) is 2.80. The van der Waals surface area contributed by atoms with Gasteiger partial charge in [0.15, 0.2) is 0 Å². The molecule has 37 heavy (non-hydrogen) atoms. The molecule has 9 nitrogen and oxygen atoms in total. The molecular formula is C27H27FN6O3. The van der Waals surface area contributed by atoms with Crippen molar-refractivity contribution in [2.75, 3.05) is 13.1 Å². The van der Waals surface area contributed by atoms with Gasteiger partial charge in [-0.05, 0) is 73.2 Å². The van der Waals surface area contributed by atoms with Gasteiger partial charge in [-0.3, -0.25) is 24.6 Å². The van der Waals surface area contributed by atoms with Crippen molar-refractivity contribution in [3.05, 3.63) is 77.1 Å². The van der Waals surface area contributed by atoms with Crippen LogP contribution in [0.25, 0.3) is 5.69 Å². The van der Waals surface area contributed by atoms with Crippen molar-refractivity contribution >= 4 is 17.7 Å². The van der Waals surface area contributed by atoms with Gasteiger partial charge in [0.05, 0.1) is 5.69 Å². The fourth-order valence-electron chi connectivity index (χ4n) is 5.68. The van der Waals surface area contributed by atoms with Gasteiger partial charge >= 0.3 is 0 Å². The number of hydrogen-bond acceptors (Lipinski definition) is 6. The number of hydrogen-bond donors (Lipinski definition) is 1. The van der Waals surface area contributed by atoms with E-state index in [9.17, 15) is 14.4 Å². The number of aromatic nitrogens is 3. The van der Waals surface area contributed by atoms with E-state index in [-0.39, 0.29) is 36.5 Å². The van der Waals surface area contributed by atoms with Crippen LogP contribution < -0.4 is 5.32 Å². The molecule has 190 valence electrons. The zero-order chi connectivity index (χ0) is 25.5. The van der Waals surface area contributed by atoms with E-state index >= 15 is 4.39 Å². The number of piperidine rings is 2. The third-order valence-corrected chi connectivity index (χ3v) is 7.69. The van der Waals surface area contributed by atoms with Crippen molar-refractivity contribution in [2.45, 2.75) is 50.7 Å². The minimum atomic E-state index is -0.697. The summed E-state index contributed by atoms with van der Waals surface area (Å²) in [6.07, 6.45) is 5.32. The summed E-state index contributed by atoms with van der Waals surface area (Å²) >= 11 is 0. The summed E-state index contributed by atoms with van der Waals surface area (Å²) in [4.78, 5) is 44.5. The molecule has 0 bridgehead atoms. The first-order valence-electron chi connectivity index (χ1n) is 12.6. The molecule has 1 atom stereocenters. The van der Waals surface area contributed by atoms with Gasteiger partial charge in [0.2, 0.25) is 11.8 Å². The first kappa shape index (κ1) is 23.5. The van der Waals surface area contributed by atoms with Crippen LogP contribution >= 0.6 is 0 Å². The fourth-order valence-corrected chi connectivity index (χ4v) is 5.68. The maximum atomic E-state index is 15.2. The van der Waals surface area contributed by atoms with Crippen LogP contribution in [0.3, 0.4) is 0 Å². The van der Waals surface area contributed by atoms with Crippen molar-refractivity contribution < 1.29 is 18.8 Å². The first-order valence-corrected chi connectivity index (χ1v) is 12.6. The highest BCUT2D eigenvalue weighted by Crippen LogP contribution is 2.35. The molecule has 3 aromatic rings. The Hall–Kier alpha value is -3.92. The summed E-state index contributed by atoms with van der Waals surface area (Å²) in [5.74, 6) is -1.41. The Morgan fingerprint density at radius 2 is 1.81 bits per heavy atom. The summed E-state index contributed by atoms with van der Waals surface area (Å²) < 4.78 is 16.9. The van der Waals surface area contributed by atoms with Crippen LogP contribution in [0.5, 0.6) is 0 Å². The zero-order valence-electron chi connectivity index (χ0n) is 20.3. The number of nitrogens with zero attached hydrogens (tertiary/aromatic N) is 5. The van der Waals surface area contributed by atoms with E-state index < -0.39 is 11.9 Å². The van der Waals surface area contributed by atoms with Crippen molar-refractivity contribution in [1.82, 2.24) is 29.9 Å². The molecule has 3 aliphatic rings. The van der Waals surface area contributed by atoms with Gasteiger partial charge in [-0.25, -0.2) is 14.1 Å². The Labute approximate surface area is 213 Å². The zero-order valence-corrected chi connectivity index (χ0v) is 20.3. The molecule has 0 aliphatic carbocycles. The minimum Gasteiger partial charge on any atom is -0.322 e. The second-order valence-corrected chi connectivity index (χ2v) is 9.99. The average Bonchev–Trinajstić information content (AvgIpc) is 3.54. The summed E-state index contributed by atoms with van der Waals surface area (Å²) in [5, 5.41) is 6.45. The molecule has 2 fully saturated rings. The van der Waals surface area contributed by atoms with Gasteiger partial charge in [-0.15, -0.1) is 0 Å². The number of carbonyl (C=O) groups excluding carboxylic acids is 3. The Morgan fingerprint density at radius 3 is 2.51 bits per heavy atom. The van der Waals surface area contributed by atoms with Crippen molar-refractivity contribution in [3.63, 3.8) is 0 Å². The molecule has 0 saturated carbocycles. The number of benzene rings is 2. The number of imide groups is 1. The topological polar surface area (TPSA) is 100 Å². The molecule has 1 aromatic heterocycles. The Kier molecular flexibility index (Phi) is 6.03. The maximum absolute atomic E-state index is 15.2. The van der Waals surface area contributed by atoms with Crippen LogP contribution in [0.15, 0.2) is 49.1 Å². The molecule has 2 aromatic carbocycles. The number of fused-ring (bicyclic) bond motifs is 1. The van der Waals surface area contributed by atoms with E-state index in [0.717, 1.165) is 43.7 Å². The van der Waals surface area contributed by atoms with E-state index in [1.165, 1.54) is 22.9 Å². The highest BCUT2D eigenvalue weighted by atomic mass is 19.1. The highest BCUT2D eigenvalue weighted by Gasteiger charge is 2.40. The fraction of sp³-hybridized carbons (Fsp3) is 0.370. The largest absolute Gasteiger partial charge is 0.322 e. The third-order valence-electron chi connectivity index (χ3n) is 7.69. The second kappa shape index (κ2) is 9.51. The van der Waals surface area contributed by atoms with Crippen LogP contribution in [0.1, 0.15) is 58.6 Å². The number of nitrogens with one attached hydrogen (secondary N) is 1.